The van der Waals surface area contributed by atoms with Crippen LogP contribution >= 0.6 is 11.8 Å². The summed E-state index contributed by atoms with van der Waals surface area (Å²) in [5.41, 5.74) is 0.610. The molecule has 2 aliphatic rings. The lowest BCUT2D eigenvalue weighted by Crippen LogP contribution is -2.54. The van der Waals surface area contributed by atoms with Crippen LogP contribution in [0.3, 0.4) is 0 Å². The number of nitrogens with zero attached hydrogens (tertiary/aromatic N) is 4. The van der Waals surface area contributed by atoms with Crippen molar-refractivity contribution >= 4 is 52.0 Å². The number of rotatable bonds is 4. The summed E-state index contributed by atoms with van der Waals surface area (Å²) in [6.07, 6.45) is 0. The molecule has 0 spiro atoms. The molecule has 2 heterocycles. The summed E-state index contributed by atoms with van der Waals surface area (Å²) in [5.74, 6) is 0.0115. The highest BCUT2D eigenvalue weighted by Gasteiger charge is 2.48. The SMILES string of the molecule is COc1cccc(NC(=O)CSC2=NC(C)=NC3=[N+](C)C(=O)N(C)C(=O)C23)c1. The van der Waals surface area contributed by atoms with E-state index in [0.717, 1.165) is 16.7 Å². The van der Waals surface area contributed by atoms with Crippen molar-refractivity contribution in [2.24, 2.45) is 15.9 Å². The molecule has 0 radical (unpaired) electrons. The normalized spacial score (nSPS) is 19.1. The van der Waals surface area contributed by atoms with Crippen LogP contribution in [0.15, 0.2) is 34.3 Å². The summed E-state index contributed by atoms with van der Waals surface area (Å²) in [6.45, 7) is 1.68. The fourth-order valence-corrected chi connectivity index (χ4v) is 3.76. The van der Waals surface area contributed by atoms with Crippen LogP contribution in [0, 0.1) is 5.92 Å². The minimum Gasteiger partial charge on any atom is -0.497 e. The zero-order valence-electron chi connectivity index (χ0n) is 15.9. The summed E-state index contributed by atoms with van der Waals surface area (Å²) in [6, 6.07) is 6.58. The van der Waals surface area contributed by atoms with Crippen molar-refractivity contribution in [3.05, 3.63) is 24.3 Å². The smallest absolute Gasteiger partial charge is 0.445 e. The number of imide groups is 1. The summed E-state index contributed by atoms with van der Waals surface area (Å²) in [4.78, 5) is 46.7. The van der Waals surface area contributed by atoms with Gasteiger partial charge < -0.3 is 10.1 Å². The molecule has 1 aromatic carbocycles. The van der Waals surface area contributed by atoms with Crippen LogP contribution in [-0.2, 0) is 9.59 Å². The number of hydrogen-bond donors (Lipinski definition) is 1. The molecule has 1 aromatic rings. The minimum atomic E-state index is -0.786. The Kier molecular flexibility index (Phi) is 5.59. The van der Waals surface area contributed by atoms with E-state index in [0.29, 0.717) is 28.2 Å². The van der Waals surface area contributed by atoms with E-state index < -0.39 is 17.9 Å². The summed E-state index contributed by atoms with van der Waals surface area (Å²) in [7, 11) is 4.53. The maximum atomic E-state index is 12.6. The van der Waals surface area contributed by atoms with Gasteiger partial charge in [0.05, 0.1) is 27.0 Å². The zero-order chi connectivity index (χ0) is 20.4. The van der Waals surface area contributed by atoms with Gasteiger partial charge in [0.25, 0.3) is 5.84 Å². The number of fused-ring (bicyclic) bond motifs is 1. The third kappa shape index (κ3) is 3.81. The van der Waals surface area contributed by atoms with Gasteiger partial charge in [-0.3, -0.25) is 9.59 Å². The van der Waals surface area contributed by atoms with Crippen LogP contribution in [0.25, 0.3) is 0 Å². The van der Waals surface area contributed by atoms with E-state index in [1.807, 2.05) is 0 Å². The van der Waals surface area contributed by atoms with Crippen LogP contribution in [0.5, 0.6) is 5.75 Å². The van der Waals surface area contributed by atoms with Crippen LogP contribution in [-0.4, -0.2) is 71.0 Å². The molecule has 1 atom stereocenters. The number of anilines is 1. The maximum Gasteiger partial charge on any atom is 0.445 e. The quantitative estimate of drug-likeness (QED) is 0.768. The highest BCUT2D eigenvalue weighted by atomic mass is 32.2. The average Bonchev–Trinajstić information content (AvgIpc) is 2.68. The number of aliphatic imine (C=N–C) groups is 2. The number of hydrogen-bond acceptors (Lipinski definition) is 7. The van der Waals surface area contributed by atoms with E-state index in [1.54, 1.807) is 45.3 Å². The Balaban J connectivity index is 1.74. The van der Waals surface area contributed by atoms with Crippen molar-refractivity contribution in [2.75, 3.05) is 32.3 Å². The molecular formula is C18H20N5O4S+. The van der Waals surface area contributed by atoms with Gasteiger partial charge in [-0.25, -0.2) is 9.79 Å². The van der Waals surface area contributed by atoms with Crippen molar-refractivity contribution < 1.29 is 23.7 Å². The predicted octanol–water partition coefficient (Wildman–Crippen LogP) is 1.45. The topological polar surface area (TPSA) is 103 Å². The number of ether oxygens (including phenoxy) is 1. The number of urea groups is 1. The predicted molar refractivity (Wildman–Crippen MR) is 107 cm³/mol. The molecule has 0 bridgehead atoms. The molecule has 1 unspecified atom stereocenters. The molecule has 0 aliphatic carbocycles. The summed E-state index contributed by atoms with van der Waals surface area (Å²) in [5, 5.41) is 3.23. The number of carbonyl (C=O) groups is 3. The first-order chi connectivity index (χ1) is 13.3. The van der Waals surface area contributed by atoms with E-state index in [2.05, 4.69) is 15.3 Å². The maximum absolute atomic E-state index is 12.6. The second kappa shape index (κ2) is 7.93. The molecule has 0 fully saturated rings. The number of carbonyl (C=O) groups excluding carboxylic acids is 3. The first kappa shape index (κ1) is 19.7. The Morgan fingerprint density at radius 2 is 2.11 bits per heavy atom. The molecule has 0 saturated heterocycles. The highest BCUT2D eigenvalue weighted by molar-refractivity contribution is 8.14. The standard InChI is InChI=1S/C18H19N5O4S/c1-10-19-15-14(17(25)23(3)18(26)22(15)2)16(20-10)28-9-13(24)21-11-6-5-7-12(8-11)27-4/h5-8,14H,9H2,1-4H3/p+1. The number of thioether (sulfide) groups is 1. The molecule has 3 rings (SSSR count). The van der Waals surface area contributed by atoms with Crippen molar-refractivity contribution in [3.63, 3.8) is 0 Å². The van der Waals surface area contributed by atoms with E-state index in [9.17, 15) is 14.4 Å². The van der Waals surface area contributed by atoms with Crippen molar-refractivity contribution in [1.29, 1.82) is 0 Å². The van der Waals surface area contributed by atoms with E-state index in [1.165, 1.54) is 11.6 Å². The molecule has 0 aromatic heterocycles. The molecule has 28 heavy (non-hydrogen) atoms. The Morgan fingerprint density at radius 3 is 2.82 bits per heavy atom. The van der Waals surface area contributed by atoms with Gasteiger partial charge in [-0.2, -0.15) is 9.48 Å². The van der Waals surface area contributed by atoms with Gasteiger partial charge in [0.15, 0.2) is 5.92 Å². The van der Waals surface area contributed by atoms with Crippen LogP contribution in [0.2, 0.25) is 0 Å². The molecule has 1 N–H and O–H groups in total. The molecule has 2 aliphatic heterocycles. The molecule has 4 amide bonds. The largest absolute Gasteiger partial charge is 0.497 e. The first-order valence-electron chi connectivity index (χ1n) is 8.44. The fourth-order valence-electron chi connectivity index (χ4n) is 2.84. The monoisotopic (exact) mass is 402 g/mol. The lowest BCUT2D eigenvalue weighted by molar-refractivity contribution is -0.407. The third-order valence-electron chi connectivity index (χ3n) is 4.25. The van der Waals surface area contributed by atoms with Crippen LogP contribution < -0.4 is 10.1 Å². The Labute approximate surface area is 166 Å². The van der Waals surface area contributed by atoms with E-state index >= 15 is 0 Å². The van der Waals surface area contributed by atoms with Crippen LogP contribution in [0.4, 0.5) is 10.5 Å². The molecule has 0 saturated carbocycles. The zero-order valence-corrected chi connectivity index (χ0v) is 16.7. The van der Waals surface area contributed by atoms with Crippen molar-refractivity contribution in [1.82, 2.24) is 4.90 Å². The van der Waals surface area contributed by atoms with Gasteiger partial charge >= 0.3 is 11.9 Å². The van der Waals surface area contributed by atoms with Gasteiger partial charge in [0, 0.05) is 18.7 Å². The average molecular weight is 402 g/mol. The van der Waals surface area contributed by atoms with Gasteiger partial charge in [-0.05, 0) is 12.1 Å². The molecule has 146 valence electrons. The number of amides is 4. The lowest BCUT2D eigenvalue weighted by atomic mass is 10.1. The Hall–Kier alpha value is -3.01. The lowest BCUT2D eigenvalue weighted by Gasteiger charge is -2.26. The summed E-state index contributed by atoms with van der Waals surface area (Å²) >= 11 is 1.15. The van der Waals surface area contributed by atoms with Crippen molar-refractivity contribution in [3.8, 4) is 5.75 Å². The molecular weight excluding hydrogens is 382 g/mol. The first-order valence-corrected chi connectivity index (χ1v) is 9.43. The van der Waals surface area contributed by atoms with Crippen molar-refractivity contribution in [2.45, 2.75) is 6.92 Å². The molecule has 10 heteroatoms. The highest BCUT2D eigenvalue weighted by Crippen LogP contribution is 2.25. The number of nitrogens with one attached hydrogen (secondary N) is 1. The summed E-state index contributed by atoms with van der Waals surface area (Å²) < 4.78 is 6.47. The molecule has 9 nitrogen and oxygen atoms in total. The number of benzene rings is 1. The van der Waals surface area contributed by atoms with Gasteiger partial charge in [-0.15, -0.1) is 0 Å². The fraction of sp³-hybridized carbons (Fsp3) is 0.333. The van der Waals surface area contributed by atoms with Crippen LogP contribution in [0.1, 0.15) is 6.92 Å². The van der Waals surface area contributed by atoms with Gasteiger partial charge in [0.2, 0.25) is 11.7 Å². The number of methoxy groups -OCH3 is 1. The Morgan fingerprint density at radius 1 is 1.36 bits per heavy atom. The second-order valence-corrected chi connectivity index (χ2v) is 7.20. The number of amidine groups is 2. The Bertz CT molecular complexity index is 953. The van der Waals surface area contributed by atoms with E-state index in [-0.39, 0.29) is 11.7 Å². The van der Waals surface area contributed by atoms with Gasteiger partial charge in [-0.1, -0.05) is 22.8 Å². The minimum absolute atomic E-state index is 0.0573. The second-order valence-electron chi connectivity index (χ2n) is 6.21. The van der Waals surface area contributed by atoms with Gasteiger partial charge in [0.1, 0.15) is 10.8 Å². The van der Waals surface area contributed by atoms with E-state index in [4.69, 9.17) is 4.74 Å². The third-order valence-corrected chi connectivity index (χ3v) is 5.28.